The Labute approximate surface area is 292 Å². The lowest BCUT2D eigenvalue weighted by atomic mass is 9.97. The number of carbonyl (C=O) groups is 2. The van der Waals surface area contributed by atoms with Gasteiger partial charge in [-0.25, -0.2) is 14.4 Å². The number of nitrogens with zero attached hydrogens (tertiary/aromatic N) is 4. The maximum atomic E-state index is 14.9. The molecule has 1 fully saturated rings. The topological polar surface area (TPSA) is 125 Å². The van der Waals surface area contributed by atoms with Crippen molar-refractivity contribution in [1.29, 1.82) is 0 Å². The van der Waals surface area contributed by atoms with E-state index >= 15 is 0 Å². The summed E-state index contributed by atoms with van der Waals surface area (Å²) in [6, 6.07) is 8.25. The van der Waals surface area contributed by atoms with Crippen LogP contribution in [-0.4, -0.2) is 84.5 Å². The number of carbonyl (C=O) groups excluding carboxylic acids is 2. The van der Waals surface area contributed by atoms with E-state index in [-0.39, 0.29) is 23.1 Å². The predicted octanol–water partition coefficient (Wildman–Crippen LogP) is 5.18. The summed E-state index contributed by atoms with van der Waals surface area (Å²) in [5, 5.41) is 12.5. The minimum absolute atomic E-state index is 0.0376. The third-order valence-corrected chi connectivity index (χ3v) is 9.33. The van der Waals surface area contributed by atoms with Crippen LogP contribution in [0.25, 0.3) is 16.9 Å². The quantitative estimate of drug-likeness (QED) is 0.105. The summed E-state index contributed by atoms with van der Waals surface area (Å²) in [7, 11) is 3.44. The van der Waals surface area contributed by atoms with Gasteiger partial charge in [0.15, 0.2) is 23.0 Å². The Bertz CT molecular complexity index is 1780. The molecule has 4 N–H and O–H groups in total. The van der Waals surface area contributed by atoms with Gasteiger partial charge in [-0.2, -0.15) is 4.39 Å². The van der Waals surface area contributed by atoms with Gasteiger partial charge in [0.25, 0.3) is 5.91 Å². The van der Waals surface area contributed by atoms with Gasteiger partial charge in [0.2, 0.25) is 11.7 Å². The van der Waals surface area contributed by atoms with Crippen molar-refractivity contribution in [3.8, 4) is 17.0 Å². The summed E-state index contributed by atoms with van der Waals surface area (Å²) < 4.78 is 35.8. The van der Waals surface area contributed by atoms with E-state index in [9.17, 15) is 18.4 Å². The van der Waals surface area contributed by atoms with Gasteiger partial charge in [0.05, 0.1) is 19.0 Å². The standard InChI is InChI=1S/C37H48F2N8O3/c1-5-24(12-16-46(3)23-25-20-40-21-25)18-32(48)41-13-7-14-43-37(49)28-9-8-27(19-26(28)6-2)45-35-36-44-22-30(47(36)17-15-42-35)29-10-11-31(50-4)34(39)33(29)38/h8-11,15,17,19,22,24-25,40H,5-7,12-14,16,18,20-21,23H2,1-4H3,(H,41,48)(H,42,45)(H,43,49). The fraction of sp³-hybridized carbons (Fsp3) is 0.459. The zero-order valence-corrected chi connectivity index (χ0v) is 29.3. The first-order valence-electron chi connectivity index (χ1n) is 17.4. The highest BCUT2D eigenvalue weighted by Crippen LogP contribution is 2.31. The van der Waals surface area contributed by atoms with Crippen LogP contribution in [0.3, 0.4) is 0 Å². The monoisotopic (exact) mass is 690 g/mol. The number of ether oxygens (including phenoxy) is 1. The molecule has 2 aromatic carbocycles. The van der Waals surface area contributed by atoms with Gasteiger partial charge in [0.1, 0.15) is 0 Å². The van der Waals surface area contributed by atoms with Crippen LogP contribution < -0.4 is 26.0 Å². The molecule has 1 aliphatic rings. The number of aromatic nitrogens is 3. The number of benzene rings is 2. The molecule has 4 aromatic rings. The highest BCUT2D eigenvalue weighted by atomic mass is 19.2. The summed E-state index contributed by atoms with van der Waals surface area (Å²) in [5.41, 5.74) is 2.91. The molecule has 0 radical (unpaired) electrons. The average molecular weight is 691 g/mol. The third-order valence-electron chi connectivity index (χ3n) is 9.33. The summed E-state index contributed by atoms with van der Waals surface area (Å²) >= 11 is 0. The van der Waals surface area contributed by atoms with Crippen LogP contribution in [0.2, 0.25) is 0 Å². The lowest BCUT2D eigenvalue weighted by molar-refractivity contribution is -0.122. The Hall–Kier alpha value is -4.62. The smallest absolute Gasteiger partial charge is 0.251 e. The van der Waals surface area contributed by atoms with Crippen LogP contribution >= 0.6 is 0 Å². The largest absolute Gasteiger partial charge is 0.494 e. The van der Waals surface area contributed by atoms with Crippen LogP contribution in [-0.2, 0) is 11.2 Å². The number of rotatable bonds is 18. The van der Waals surface area contributed by atoms with Crippen molar-refractivity contribution in [2.75, 3.05) is 58.7 Å². The summed E-state index contributed by atoms with van der Waals surface area (Å²) in [6.07, 6.45) is 8.38. The summed E-state index contributed by atoms with van der Waals surface area (Å²) in [5.74, 6) is -0.894. The van der Waals surface area contributed by atoms with Crippen LogP contribution in [0, 0.1) is 23.5 Å². The molecule has 1 aliphatic heterocycles. The lowest BCUT2D eigenvalue weighted by Gasteiger charge is -2.31. The zero-order chi connectivity index (χ0) is 35.6. The maximum Gasteiger partial charge on any atom is 0.251 e. The molecular formula is C37H48F2N8O3. The highest BCUT2D eigenvalue weighted by Gasteiger charge is 2.21. The lowest BCUT2D eigenvalue weighted by Crippen LogP contribution is -2.47. The summed E-state index contributed by atoms with van der Waals surface area (Å²) in [6.45, 7) is 9.35. The van der Waals surface area contributed by atoms with Gasteiger partial charge in [-0.3, -0.25) is 14.0 Å². The van der Waals surface area contributed by atoms with Crippen LogP contribution in [0.15, 0.2) is 48.9 Å². The van der Waals surface area contributed by atoms with Gasteiger partial charge in [0, 0.05) is 68.4 Å². The first-order chi connectivity index (χ1) is 24.2. The molecule has 11 nitrogen and oxygen atoms in total. The van der Waals surface area contributed by atoms with E-state index in [2.05, 4.69) is 50.1 Å². The fourth-order valence-electron chi connectivity index (χ4n) is 6.23. The maximum absolute atomic E-state index is 14.9. The molecule has 5 rings (SSSR count). The number of amides is 2. The van der Waals surface area contributed by atoms with Crippen molar-refractivity contribution in [1.82, 2.24) is 35.2 Å². The Morgan fingerprint density at radius 2 is 1.90 bits per heavy atom. The normalized spacial score (nSPS) is 13.7. The van der Waals surface area contributed by atoms with Gasteiger partial charge in [-0.1, -0.05) is 20.3 Å². The minimum atomic E-state index is -1.07. The number of halogens is 2. The second-order valence-corrected chi connectivity index (χ2v) is 12.9. The second kappa shape index (κ2) is 17.3. The highest BCUT2D eigenvalue weighted by molar-refractivity contribution is 5.96. The Kier molecular flexibility index (Phi) is 12.7. The van der Waals surface area contributed by atoms with E-state index in [0.717, 1.165) is 50.5 Å². The van der Waals surface area contributed by atoms with Crippen LogP contribution in [0.1, 0.15) is 55.5 Å². The van der Waals surface area contributed by atoms with Gasteiger partial charge in [-0.05, 0) is 80.6 Å². The predicted molar refractivity (Wildman–Crippen MR) is 191 cm³/mol. The number of anilines is 2. The number of hydrogen-bond acceptors (Lipinski definition) is 8. The Morgan fingerprint density at radius 1 is 1.10 bits per heavy atom. The van der Waals surface area contributed by atoms with E-state index in [1.54, 1.807) is 28.9 Å². The molecular weight excluding hydrogens is 642 g/mol. The molecule has 2 aromatic heterocycles. The minimum Gasteiger partial charge on any atom is -0.494 e. The molecule has 50 heavy (non-hydrogen) atoms. The number of hydrogen-bond donors (Lipinski definition) is 4. The number of imidazole rings is 1. The molecule has 0 aliphatic carbocycles. The van der Waals surface area contributed by atoms with E-state index in [1.807, 2.05) is 13.0 Å². The molecule has 0 spiro atoms. The van der Waals surface area contributed by atoms with Crippen molar-refractivity contribution >= 4 is 29.0 Å². The number of methoxy groups -OCH3 is 1. The SMILES string of the molecule is CCc1cc(Nc2nccn3c(-c4ccc(OC)c(F)c4F)cnc23)ccc1C(=O)NCCCNC(=O)CC(CC)CCN(C)CC1CNC1. The van der Waals surface area contributed by atoms with Crippen molar-refractivity contribution in [3.63, 3.8) is 0 Å². The molecule has 0 bridgehead atoms. The Balaban J connectivity index is 1.11. The van der Waals surface area contributed by atoms with E-state index < -0.39 is 11.6 Å². The Morgan fingerprint density at radius 3 is 2.62 bits per heavy atom. The number of nitrogens with one attached hydrogen (secondary N) is 4. The molecule has 268 valence electrons. The molecule has 0 saturated carbocycles. The van der Waals surface area contributed by atoms with Gasteiger partial charge >= 0.3 is 0 Å². The van der Waals surface area contributed by atoms with Crippen LogP contribution in [0.4, 0.5) is 20.3 Å². The first kappa shape index (κ1) is 36.7. The van der Waals surface area contributed by atoms with E-state index in [1.165, 1.54) is 25.4 Å². The second-order valence-electron chi connectivity index (χ2n) is 12.9. The molecule has 1 unspecified atom stereocenters. The van der Waals surface area contributed by atoms with E-state index in [0.29, 0.717) is 66.7 Å². The molecule has 1 atom stereocenters. The number of fused-ring (bicyclic) bond motifs is 1. The summed E-state index contributed by atoms with van der Waals surface area (Å²) in [4.78, 5) is 36.9. The third kappa shape index (κ3) is 8.94. The van der Waals surface area contributed by atoms with Gasteiger partial charge < -0.3 is 30.9 Å². The average Bonchev–Trinajstić information content (AvgIpc) is 3.54. The number of aryl methyl sites for hydroxylation is 1. The molecule has 3 heterocycles. The van der Waals surface area contributed by atoms with Crippen molar-refractivity contribution in [2.45, 2.75) is 46.0 Å². The van der Waals surface area contributed by atoms with Crippen molar-refractivity contribution in [3.05, 3.63) is 71.7 Å². The fourth-order valence-corrected chi connectivity index (χ4v) is 6.23. The molecule has 2 amide bonds. The van der Waals surface area contributed by atoms with E-state index in [4.69, 9.17) is 4.74 Å². The molecule has 13 heteroatoms. The van der Waals surface area contributed by atoms with Crippen molar-refractivity contribution in [2.24, 2.45) is 11.8 Å². The zero-order valence-electron chi connectivity index (χ0n) is 29.3. The van der Waals surface area contributed by atoms with Crippen molar-refractivity contribution < 1.29 is 23.1 Å². The molecule has 1 saturated heterocycles. The first-order valence-corrected chi connectivity index (χ1v) is 17.4. The van der Waals surface area contributed by atoms with Crippen LogP contribution in [0.5, 0.6) is 5.75 Å². The van der Waals surface area contributed by atoms with Gasteiger partial charge in [-0.15, -0.1) is 0 Å².